The van der Waals surface area contributed by atoms with Gasteiger partial charge < -0.3 is 43.2 Å². The summed E-state index contributed by atoms with van der Waals surface area (Å²) in [6.07, 6.45) is 0.739. The molecular weight excluding hydrogens is 474 g/mol. The summed E-state index contributed by atoms with van der Waals surface area (Å²) in [5.41, 5.74) is 18.0. The molecule has 14 nitrogen and oxygen atoms in total. The zero-order valence-electron chi connectivity index (χ0n) is 19.3. The van der Waals surface area contributed by atoms with E-state index >= 15 is 0 Å². The number of carboxylic acids is 1. The van der Waals surface area contributed by atoms with Crippen molar-refractivity contribution in [2.75, 3.05) is 6.54 Å². The fraction of sp³-hybridized carbons (Fsp3) is 0.364. The summed E-state index contributed by atoms with van der Waals surface area (Å²) in [5, 5.41) is 16.3. The van der Waals surface area contributed by atoms with Gasteiger partial charge in [0.2, 0.25) is 29.5 Å². The fourth-order valence-electron chi connectivity index (χ4n) is 3.43. The Morgan fingerprint density at radius 3 is 2.22 bits per heavy atom. The van der Waals surface area contributed by atoms with Gasteiger partial charge in [-0.05, 0) is 24.5 Å². The molecule has 5 amide bonds. The number of carbonyl (C=O) groups is 6. The number of amides is 5. The van der Waals surface area contributed by atoms with Gasteiger partial charge in [-0.2, -0.15) is 0 Å². The average molecular weight is 504 g/mol. The third-order valence-electron chi connectivity index (χ3n) is 5.22. The van der Waals surface area contributed by atoms with Gasteiger partial charge in [-0.1, -0.05) is 18.2 Å². The number of carbonyl (C=O) groups excluding carboxylic acids is 5. The van der Waals surface area contributed by atoms with E-state index in [2.05, 4.69) is 15.6 Å². The quantitative estimate of drug-likeness (QED) is 0.135. The second-order valence-corrected chi connectivity index (χ2v) is 8.08. The lowest BCUT2D eigenvalue weighted by Gasteiger charge is -2.23. The number of rotatable bonds is 14. The van der Waals surface area contributed by atoms with Crippen LogP contribution in [0.15, 0.2) is 30.5 Å². The Morgan fingerprint density at radius 1 is 0.917 bits per heavy atom. The molecule has 0 saturated heterocycles. The Labute approximate surface area is 205 Å². The highest BCUT2D eigenvalue weighted by Crippen LogP contribution is 2.18. The van der Waals surface area contributed by atoms with Crippen molar-refractivity contribution >= 4 is 46.4 Å². The normalized spacial score (nSPS) is 13.2. The molecule has 194 valence electrons. The van der Waals surface area contributed by atoms with Crippen molar-refractivity contribution in [2.45, 2.75) is 43.8 Å². The number of aliphatic carboxylic acids is 1. The third-order valence-corrected chi connectivity index (χ3v) is 5.22. The number of para-hydroxylation sites is 1. The summed E-state index contributed by atoms with van der Waals surface area (Å²) in [4.78, 5) is 74.3. The van der Waals surface area contributed by atoms with E-state index in [4.69, 9.17) is 22.3 Å². The first-order valence-electron chi connectivity index (χ1n) is 10.9. The van der Waals surface area contributed by atoms with Gasteiger partial charge in [-0.3, -0.25) is 28.8 Å². The van der Waals surface area contributed by atoms with Crippen LogP contribution in [-0.4, -0.2) is 70.3 Å². The predicted molar refractivity (Wildman–Crippen MR) is 127 cm³/mol. The zero-order valence-corrected chi connectivity index (χ0v) is 19.3. The van der Waals surface area contributed by atoms with E-state index in [0.29, 0.717) is 0 Å². The Hall–Kier alpha value is -4.46. The van der Waals surface area contributed by atoms with E-state index < -0.39 is 66.6 Å². The molecule has 0 radical (unpaired) electrons. The number of benzene rings is 1. The molecule has 2 rings (SSSR count). The van der Waals surface area contributed by atoms with Crippen molar-refractivity contribution in [3.63, 3.8) is 0 Å². The number of H-pyrrole nitrogens is 1. The van der Waals surface area contributed by atoms with Gasteiger partial charge in [0.1, 0.15) is 18.6 Å². The molecule has 11 N–H and O–H groups in total. The second-order valence-electron chi connectivity index (χ2n) is 8.08. The average Bonchev–Trinajstić information content (AvgIpc) is 3.21. The van der Waals surface area contributed by atoms with Gasteiger partial charge >= 0.3 is 5.97 Å². The van der Waals surface area contributed by atoms with E-state index in [1.54, 1.807) is 6.20 Å². The van der Waals surface area contributed by atoms with Crippen LogP contribution in [0.2, 0.25) is 0 Å². The first-order chi connectivity index (χ1) is 17.0. The number of aromatic nitrogens is 1. The number of fused-ring (bicyclic) bond motifs is 1. The van der Waals surface area contributed by atoms with Crippen LogP contribution < -0.4 is 33.2 Å². The minimum atomic E-state index is -1.51. The van der Waals surface area contributed by atoms with Crippen LogP contribution in [-0.2, 0) is 35.2 Å². The van der Waals surface area contributed by atoms with E-state index in [0.717, 1.165) is 16.5 Å². The topological polar surface area (TPSA) is 253 Å². The van der Waals surface area contributed by atoms with Gasteiger partial charge in [0.05, 0.1) is 12.5 Å². The van der Waals surface area contributed by atoms with E-state index in [9.17, 15) is 28.8 Å². The maximum absolute atomic E-state index is 12.9. The van der Waals surface area contributed by atoms with Crippen molar-refractivity contribution < 1.29 is 33.9 Å². The molecular formula is C22H29N7O7. The number of hydrogen-bond acceptors (Lipinski definition) is 7. The summed E-state index contributed by atoms with van der Waals surface area (Å²) >= 11 is 0. The first-order valence-corrected chi connectivity index (χ1v) is 10.9. The molecule has 0 aliphatic heterocycles. The van der Waals surface area contributed by atoms with Crippen LogP contribution in [0.1, 0.15) is 24.8 Å². The summed E-state index contributed by atoms with van der Waals surface area (Å²) in [6.45, 7) is -0.755. The highest BCUT2D eigenvalue weighted by Gasteiger charge is 2.29. The summed E-state index contributed by atoms with van der Waals surface area (Å²) < 4.78 is 0. The molecule has 1 heterocycles. The van der Waals surface area contributed by atoms with Crippen LogP contribution in [0, 0.1) is 0 Å². The molecule has 3 unspecified atom stereocenters. The fourth-order valence-corrected chi connectivity index (χ4v) is 3.43. The monoisotopic (exact) mass is 503 g/mol. The standard InChI is InChI=1S/C22H29N7O7/c23-13(7-11-9-26-14-4-2-1-3-12(11)14)20(34)28-15(5-6-17(24)30)22(36)29-16(8-18(25)31)21(35)27-10-19(32)33/h1-4,9,13,15-16,26H,5-8,10,23H2,(H2,24,30)(H2,25,31)(H,27,35)(H,28,34)(H,29,36)(H,32,33). The summed E-state index contributed by atoms with van der Waals surface area (Å²) in [7, 11) is 0. The van der Waals surface area contributed by atoms with E-state index in [1.807, 2.05) is 29.6 Å². The molecule has 0 saturated carbocycles. The van der Waals surface area contributed by atoms with Gasteiger partial charge in [0.15, 0.2) is 0 Å². The van der Waals surface area contributed by atoms with Crippen LogP contribution in [0.25, 0.3) is 10.9 Å². The van der Waals surface area contributed by atoms with Crippen LogP contribution >= 0.6 is 0 Å². The molecule has 1 aromatic heterocycles. The zero-order chi connectivity index (χ0) is 26.8. The predicted octanol–water partition coefficient (Wildman–Crippen LogP) is -2.65. The first kappa shape index (κ1) is 27.8. The molecule has 1 aromatic carbocycles. The minimum Gasteiger partial charge on any atom is -0.480 e. The molecule has 14 heteroatoms. The Bertz CT molecular complexity index is 1150. The van der Waals surface area contributed by atoms with E-state index in [1.165, 1.54) is 0 Å². The molecule has 0 bridgehead atoms. The number of nitrogens with two attached hydrogens (primary N) is 3. The van der Waals surface area contributed by atoms with Crippen LogP contribution in [0.4, 0.5) is 0 Å². The molecule has 2 aromatic rings. The number of nitrogens with one attached hydrogen (secondary N) is 4. The van der Waals surface area contributed by atoms with Crippen LogP contribution in [0.3, 0.4) is 0 Å². The third kappa shape index (κ3) is 8.39. The summed E-state index contributed by atoms with van der Waals surface area (Å²) in [5.74, 6) is -5.61. The highest BCUT2D eigenvalue weighted by molar-refractivity contribution is 5.96. The SMILES string of the molecule is NC(=O)CCC(NC(=O)C(N)Cc1c[nH]c2ccccc12)C(=O)NC(CC(N)=O)C(=O)NCC(=O)O. The molecule has 0 aliphatic carbocycles. The van der Waals surface area contributed by atoms with Crippen LogP contribution in [0.5, 0.6) is 0 Å². The number of aromatic amines is 1. The smallest absolute Gasteiger partial charge is 0.322 e. The van der Waals surface area contributed by atoms with Gasteiger partial charge in [-0.25, -0.2) is 0 Å². The lowest BCUT2D eigenvalue weighted by Crippen LogP contribution is -2.57. The molecule has 0 aliphatic rings. The lowest BCUT2D eigenvalue weighted by molar-refractivity contribution is -0.138. The van der Waals surface area contributed by atoms with Crippen molar-refractivity contribution in [1.82, 2.24) is 20.9 Å². The number of hydrogen-bond donors (Lipinski definition) is 8. The summed E-state index contributed by atoms with van der Waals surface area (Å²) in [6, 6.07) is 3.51. The largest absolute Gasteiger partial charge is 0.480 e. The maximum atomic E-state index is 12.9. The molecule has 0 fully saturated rings. The Kier molecular flexibility index (Phi) is 9.92. The highest BCUT2D eigenvalue weighted by atomic mass is 16.4. The van der Waals surface area contributed by atoms with Gasteiger partial charge in [0.25, 0.3) is 0 Å². The van der Waals surface area contributed by atoms with Gasteiger partial charge in [0, 0.05) is 23.5 Å². The van der Waals surface area contributed by atoms with Crippen molar-refractivity contribution in [1.29, 1.82) is 0 Å². The number of primary amides is 2. The van der Waals surface area contributed by atoms with E-state index in [-0.39, 0.29) is 19.3 Å². The molecule has 3 atom stereocenters. The second kappa shape index (κ2) is 12.9. The Balaban J connectivity index is 2.11. The lowest BCUT2D eigenvalue weighted by atomic mass is 10.0. The van der Waals surface area contributed by atoms with Crippen molar-refractivity contribution in [3.05, 3.63) is 36.0 Å². The van der Waals surface area contributed by atoms with Gasteiger partial charge in [-0.15, -0.1) is 0 Å². The molecule has 36 heavy (non-hydrogen) atoms. The molecule has 0 spiro atoms. The number of carboxylic acid groups (broad SMARTS) is 1. The minimum absolute atomic E-state index is 0.141. The van der Waals surface area contributed by atoms with Crippen molar-refractivity contribution in [2.24, 2.45) is 17.2 Å². The van der Waals surface area contributed by atoms with Crippen molar-refractivity contribution in [3.8, 4) is 0 Å². The maximum Gasteiger partial charge on any atom is 0.322 e. The Morgan fingerprint density at radius 2 is 1.58 bits per heavy atom.